The molecule has 18 heavy (non-hydrogen) atoms. The van der Waals surface area contributed by atoms with Gasteiger partial charge in [0.1, 0.15) is 0 Å². The van der Waals surface area contributed by atoms with Crippen LogP contribution in [-0.2, 0) is 9.59 Å². The number of amides is 1. The molecule has 1 atom stereocenters. The van der Waals surface area contributed by atoms with Gasteiger partial charge in [-0.2, -0.15) is 0 Å². The van der Waals surface area contributed by atoms with Crippen molar-refractivity contribution >= 4 is 11.9 Å². The van der Waals surface area contributed by atoms with E-state index in [1.165, 1.54) is 0 Å². The average molecular weight is 255 g/mol. The number of carbonyl (C=O) groups is 2. The van der Waals surface area contributed by atoms with E-state index in [1.807, 2.05) is 18.7 Å². The van der Waals surface area contributed by atoms with E-state index < -0.39 is 11.4 Å². The fraction of sp³-hybridized carbons (Fsp3) is 0.857. The normalized spacial score (nSPS) is 20.5. The molecule has 1 heterocycles. The van der Waals surface area contributed by atoms with Crippen LogP contribution in [0.1, 0.15) is 53.4 Å². The van der Waals surface area contributed by atoms with Crippen LogP contribution in [0.15, 0.2) is 0 Å². The summed E-state index contributed by atoms with van der Waals surface area (Å²) in [5.74, 6) is -0.258. The number of hydrogen-bond donors (Lipinski definition) is 1. The largest absolute Gasteiger partial charge is 0.481 e. The van der Waals surface area contributed by atoms with Gasteiger partial charge in [0.05, 0.1) is 6.42 Å². The molecule has 1 amide bonds. The van der Waals surface area contributed by atoms with Crippen molar-refractivity contribution in [2.24, 2.45) is 11.3 Å². The van der Waals surface area contributed by atoms with Crippen molar-refractivity contribution in [2.75, 3.05) is 6.54 Å². The maximum absolute atomic E-state index is 12.3. The summed E-state index contributed by atoms with van der Waals surface area (Å²) < 4.78 is 0. The van der Waals surface area contributed by atoms with Crippen molar-refractivity contribution in [3.05, 3.63) is 0 Å². The number of rotatable bonds is 5. The van der Waals surface area contributed by atoms with Crippen LogP contribution in [0.3, 0.4) is 0 Å². The Bertz CT molecular complexity index is 323. The molecule has 0 spiro atoms. The third kappa shape index (κ3) is 4.00. The predicted molar refractivity (Wildman–Crippen MR) is 70.2 cm³/mol. The average Bonchev–Trinajstić information content (AvgIpc) is 2.61. The highest BCUT2D eigenvalue weighted by atomic mass is 16.4. The van der Waals surface area contributed by atoms with Crippen LogP contribution < -0.4 is 0 Å². The van der Waals surface area contributed by atoms with E-state index in [0.29, 0.717) is 18.4 Å². The van der Waals surface area contributed by atoms with Gasteiger partial charge < -0.3 is 10.0 Å². The molecule has 4 nitrogen and oxygen atoms in total. The Hall–Kier alpha value is -1.06. The van der Waals surface area contributed by atoms with Crippen LogP contribution in [-0.4, -0.2) is 34.5 Å². The zero-order valence-corrected chi connectivity index (χ0v) is 11.9. The van der Waals surface area contributed by atoms with Crippen molar-refractivity contribution in [2.45, 2.75) is 59.4 Å². The number of aliphatic carboxylic acids is 1. The number of nitrogens with zero attached hydrogens (tertiary/aromatic N) is 1. The van der Waals surface area contributed by atoms with Crippen molar-refractivity contribution in [1.82, 2.24) is 4.90 Å². The molecule has 0 radical (unpaired) electrons. The van der Waals surface area contributed by atoms with Crippen LogP contribution in [0.2, 0.25) is 0 Å². The van der Waals surface area contributed by atoms with Gasteiger partial charge in [0, 0.05) is 19.0 Å². The standard InChI is InChI=1S/C14H25NO3/c1-10(2)11-6-5-7-15(11)12(16)8-14(3,4)9-13(17)18/h10-11H,5-9H2,1-4H3,(H,17,18)/t11-/m1/s1. The molecule has 0 aromatic heterocycles. The summed E-state index contributed by atoms with van der Waals surface area (Å²) in [5.41, 5.74) is -0.465. The lowest BCUT2D eigenvalue weighted by atomic mass is 9.85. The van der Waals surface area contributed by atoms with Crippen LogP contribution in [0.25, 0.3) is 0 Å². The van der Waals surface area contributed by atoms with Crippen molar-refractivity contribution < 1.29 is 14.7 Å². The Morgan fingerprint density at radius 2 is 1.94 bits per heavy atom. The lowest BCUT2D eigenvalue weighted by Gasteiger charge is -2.31. The highest BCUT2D eigenvalue weighted by Crippen LogP contribution is 2.30. The molecular weight excluding hydrogens is 230 g/mol. The van der Waals surface area contributed by atoms with E-state index >= 15 is 0 Å². The smallest absolute Gasteiger partial charge is 0.303 e. The van der Waals surface area contributed by atoms with Crippen molar-refractivity contribution in [3.63, 3.8) is 0 Å². The highest BCUT2D eigenvalue weighted by molar-refractivity contribution is 5.78. The van der Waals surface area contributed by atoms with Gasteiger partial charge in [-0.15, -0.1) is 0 Å². The minimum atomic E-state index is -0.838. The Labute approximate surface area is 109 Å². The Kier molecular flexibility index (Phi) is 4.77. The van der Waals surface area contributed by atoms with E-state index in [1.54, 1.807) is 0 Å². The topological polar surface area (TPSA) is 57.6 Å². The quantitative estimate of drug-likeness (QED) is 0.821. The maximum atomic E-state index is 12.3. The van der Waals surface area contributed by atoms with Crippen LogP contribution in [0.5, 0.6) is 0 Å². The van der Waals surface area contributed by atoms with Gasteiger partial charge in [-0.05, 0) is 24.2 Å². The van der Waals surface area contributed by atoms with Crippen LogP contribution >= 0.6 is 0 Å². The Morgan fingerprint density at radius 1 is 1.33 bits per heavy atom. The van der Waals surface area contributed by atoms with Crippen LogP contribution in [0, 0.1) is 11.3 Å². The first kappa shape index (κ1) is 15.0. The first-order chi connectivity index (χ1) is 8.23. The summed E-state index contributed by atoms with van der Waals surface area (Å²) in [6.07, 6.45) is 2.50. The third-order valence-corrected chi connectivity index (χ3v) is 3.65. The SMILES string of the molecule is CC(C)[C@H]1CCCN1C(=O)CC(C)(C)CC(=O)O. The van der Waals surface area contributed by atoms with Gasteiger partial charge in [-0.25, -0.2) is 0 Å². The molecule has 0 saturated carbocycles. The van der Waals surface area contributed by atoms with E-state index in [2.05, 4.69) is 13.8 Å². The number of hydrogen-bond acceptors (Lipinski definition) is 2. The first-order valence-corrected chi connectivity index (χ1v) is 6.74. The Balaban J connectivity index is 2.62. The van der Waals surface area contributed by atoms with E-state index in [-0.39, 0.29) is 12.3 Å². The monoisotopic (exact) mass is 255 g/mol. The zero-order valence-electron chi connectivity index (χ0n) is 11.9. The molecule has 1 fully saturated rings. The lowest BCUT2D eigenvalue weighted by molar-refractivity contribution is -0.141. The minimum Gasteiger partial charge on any atom is -0.481 e. The van der Waals surface area contributed by atoms with Gasteiger partial charge in [-0.1, -0.05) is 27.7 Å². The summed E-state index contributed by atoms with van der Waals surface area (Å²) in [6.45, 7) is 8.79. The van der Waals surface area contributed by atoms with Crippen molar-refractivity contribution in [1.29, 1.82) is 0 Å². The second-order valence-electron chi connectivity index (χ2n) is 6.45. The van der Waals surface area contributed by atoms with Crippen molar-refractivity contribution in [3.8, 4) is 0 Å². The molecule has 4 heteroatoms. The second kappa shape index (κ2) is 5.72. The molecule has 0 aliphatic carbocycles. The molecule has 0 aromatic rings. The molecule has 1 aliphatic heterocycles. The molecule has 1 saturated heterocycles. The van der Waals surface area contributed by atoms with E-state index in [4.69, 9.17) is 5.11 Å². The van der Waals surface area contributed by atoms with Gasteiger partial charge in [0.25, 0.3) is 0 Å². The number of carboxylic acid groups (broad SMARTS) is 1. The van der Waals surface area contributed by atoms with Gasteiger partial charge in [0.2, 0.25) is 5.91 Å². The van der Waals surface area contributed by atoms with Gasteiger partial charge >= 0.3 is 5.97 Å². The molecule has 0 bridgehead atoms. The van der Waals surface area contributed by atoms with Crippen LogP contribution in [0.4, 0.5) is 0 Å². The maximum Gasteiger partial charge on any atom is 0.303 e. The van der Waals surface area contributed by atoms with E-state index in [9.17, 15) is 9.59 Å². The molecule has 1 rings (SSSR count). The minimum absolute atomic E-state index is 0.0406. The highest BCUT2D eigenvalue weighted by Gasteiger charge is 2.34. The fourth-order valence-electron chi connectivity index (χ4n) is 2.78. The zero-order chi connectivity index (χ0) is 13.9. The molecule has 1 aliphatic rings. The second-order valence-corrected chi connectivity index (χ2v) is 6.45. The van der Waals surface area contributed by atoms with E-state index in [0.717, 1.165) is 19.4 Å². The Morgan fingerprint density at radius 3 is 2.44 bits per heavy atom. The molecule has 104 valence electrons. The summed E-state index contributed by atoms with van der Waals surface area (Å²) in [6, 6.07) is 0.332. The number of carboxylic acids is 1. The summed E-state index contributed by atoms with van der Waals surface area (Å²) in [7, 11) is 0. The number of likely N-dealkylation sites (tertiary alicyclic amines) is 1. The summed E-state index contributed by atoms with van der Waals surface area (Å²) in [5, 5.41) is 8.84. The predicted octanol–water partition coefficient (Wildman–Crippen LogP) is 2.52. The molecule has 0 aromatic carbocycles. The summed E-state index contributed by atoms with van der Waals surface area (Å²) >= 11 is 0. The lowest BCUT2D eigenvalue weighted by Crippen LogP contribution is -2.40. The molecular formula is C14H25NO3. The third-order valence-electron chi connectivity index (χ3n) is 3.65. The number of carbonyl (C=O) groups excluding carboxylic acids is 1. The van der Waals surface area contributed by atoms with Gasteiger partial charge in [-0.3, -0.25) is 9.59 Å². The summed E-state index contributed by atoms with van der Waals surface area (Å²) in [4.78, 5) is 25.0. The van der Waals surface area contributed by atoms with Gasteiger partial charge in [0.15, 0.2) is 0 Å². The first-order valence-electron chi connectivity index (χ1n) is 6.74. The molecule has 0 unspecified atom stereocenters. The molecule has 1 N–H and O–H groups in total. The fourth-order valence-corrected chi connectivity index (χ4v) is 2.78.